The number of nitrogens with one attached hydrogen (secondary N) is 1. The molecule has 110 valence electrons. The summed E-state index contributed by atoms with van der Waals surface area (Å²) in [4.78, 5) is 22.1. The Morgan fingerprint density at radius 2 is 2.00 bits per heavy atom. The van der Waals surface area contributed by atoms with Gasteiger partial charge in [0.2, 0.25) is 5.91 Å². The number of carboxylic acids is 1. The monoisotopic (exact) mass is 279 g/mol. The van der Waals surface area contributed by atoms with E-state index in [1.54, 1.807) is 0 Å². The van der Waals surface area contributed by atoms with E-state index in [0.29, 0.717) is 5.92 Å². The number of carboxylic acid groups (broad SMARTS) is 1. The maximum Gasteiger partial charge on any atom is 0.325 e. The zero-order valence-electron chi connectivity index (χ0n) is 12.1. The third-order valence-corrected chi connectivity index (χ3v) is 2.87. The fourth-order valence-electron chi connectivity index (χ4n) is 1.60. The summed E-state index contributed by atoms with van der Waals surface area (Å²) in [6.45, 7) is 5.84. The van der Waals surface area contributed by atoms with Crippen molar-refractivity contribution in [1.29, 1.82) is 0 Å². The van der Waals surface area contributed by atoms with Crippen molar-refractivity contribution in [2.24, 2.45) is 0 Å². The Kier molecular flexibility index (Phi) is 6.03. The minimum Gasteiger partial charge on any atom is -0.493 e. The van der Waals surface area contributed by atoms with Gasteiger partial charge in [-0.25, -0.2) is 0 Å². The fraction of sp³-hybridized carbons (Fsp3) is 0.467. The van der Waals surface area contributed by atoms with E-state index >= 15 is 0 Å². The van der Waals surface area contributed by atoms with Crippen LogP contribution in [-0.2, 0) is 9.59 Å². The maximum atomic E-state index is 11.5. The van der Waals surface area contributed by atoms with Gasteiger partial charge in [-0.2, -0.15) is 0 Å². The molecule has 0 saturated heterocycles. The molecule has 0 aliphatic carbocycles. The first kappa shape index (κ1) is 16.0. The van der Waals surface area contributed by atoms with E-state index in [1.165, 1.54) is 12.5 Å². The Morgan fingerprint density at radius 3 is 2.60 bits per heavy atom. The van der Waals surface area contributed by atoms with E-state index in [2.05, 4.69) is 19.2 Å². The molecule has 0 aliphatic rings. The van der Waals surface area contributed by atoms with Crippen molar-refractivity contribution < 1.29 is 19.4 Å². The van der Waals surface area contributed by atoms with Crippen LogP contribution in [0.2, 0.25) is 0 Å². The van der Waals surface area contributed by atoms with E-state index < -0.39 is 12.0 Å². The van der Waals surface area contributed by atoms with E-state index in [0.717, 1.165) is 5.75 Å². The number of rotatable bonds is 7. The first-order valence-corrected chi connectivity index (χ1v) is 6.65. The Hall–Kier alpha value is -2.04. The Bertz CT molecular complexity index is 471. The molecule has 1 aromatic rings. The number of carbonyl (C=O) groups is 2. The predicted molar refractivity (Wildman–Crippen MR) is 75.9 cm³/mol. The summed E-state index contributed by atoms with van der Waals surface area (Å²) in [7, 11) is 0. The second kappa shape index (κ2) is 7.53. The van der Waals surface area contributed by atoms with Crippen LogP contribution in [0.4, 0.5) is 0 Å². The molecule has 0 fully saturated rings. The van der Waals surface area contributed by atoms with E-state index in [-0.39, 0.29) is 18.9 Å². The van der Waals surface area contributed by atoms with Crippen LogP contribution in [0.5, 0.6) is 5.75 Å². The second-order valence-electron chi connectivity index (χ2n) is 4.95. The lowest BCUT2D eigenvalue weighted by molar-refractivity contribution is -0.141. The molecule has 0 saturated carbocycles. The molecule has 0 radical (unpaired) electrons. The molecule has 0 bridgehead atoms. The summed E-state index contributed by atoms with van der Waals surface area (Å²) in [5, 5.41) is 11.0. The van der Waals surface area contributed by atoms with E-state index in [4.69, 9.17) is 9.84 Å². The minimum absolute atomic E-state index is 0.128. The average molecular weight is 279 g/mol. The van der Waals surface area contributed by atoms with Gasteiger partial charge in [0.1, 0.15) is 11.8 Å². The quantitative estimate of drug-likeness (QED) is 0.802. The molecule has 5 heteroatoms. The van der Waals surface area contributed by atoms with Gasteiger partial charge < -0.3 is 15.2 Å². The van der Waals surface area contributed by atoms with Crippen molar-refractivity contribution in [2.45, 2.75) is 39.2 Å². The maximum absolute atomic E-state index is 11.5. The highest BCUT2D eigenvalue weighted by atomic mass is 16.5. The molecule has 0 aromatic heterocycles. The lowest BCUT2D eigenvalue weighted by atomic mass is 10.0. The van der Waals surface area contributed by atoms with E-state index in [1.807, 2.05) is 24.3 Å². The molecule has 1 aromatic carbocycles. The number of carbonyl (C=O) groups excluding carboxylic acids is 1. The van der Waals surface area contributed by atoms with Crippen LogP contribution in [0.15, 0.2) is 24.3 Å². The highest BCUT2D eigenvalue weighted by Gasteiger charge is 2.13. The fourth-order valence-corrected chi connectivity index (χ4v) is 1.60. The normalized spacial score (nSPS) is 12.0. The molecule has 0 heterocycles. The third kappa shape index (κ3) is 5.30. The summed E-state index contributed by atoms with van der Waals surface area (Å²) >= 11 is 0. The Morgan fingerprint density at radius 1 is 1.30 bits per heavy atom. The first-order chi connectivity index (χ1) is 9.40. The molecule has 0 spiro atoms. The van der Waals surface area contributed by atoms with Crippen molar-refractivity contribution in [3.63, 3.8) is 0 Å². The number of aliphatic carboxylic acids is 1. The van der Waals surface area contributed by atoms with Gasteiger partial charge in [0, 0.05) is 0 Å². The lowest BCUT2D eigenvalue weighted by Gasteiger charge is -2.11. The van der Waals surface area contributed by atoms with Gasteiger partial charge in [-0.3, -0.25) is 9.59 Å². The molecule has 20 heavy (non-hydrogen) atoms. The van der Waals surface area contributed by atoms with Crippen molar-refractivity contribution in [2.75, 3.05) is 6.61 Å². The molecule has 2 N–H and O–H groups in total. The molecule has 1 rings (SSSR count). The molecule has 1 amide bonds. The van der Waals surface area contributed by atoms with Gasteiger partial charge in [-0.05, 0) is 30.5 Å². The number of ether oxygens (including phenoxy) is 1. The van der Waals surface area contributed by atoms with Crippen LogP contribution < -0.4 is 10.1 Å². The van der Waals surface area contributed by atoms with Crippen LogP contribution >= 0.6 is 0 Å². The highest BCUT2D eigenvalue weighted by Crippen LogP contribution is 2.20. The summed E-state index contributed by atoms with van der Waals surface area (Å²) in [6, 6.07) is 6.84. The molecular weight excluding hydrogens is 258 g/mol. The van der Waals surface area contributed by atoms with Gasteiger partial charge in [0.15, 0.2) is 0 Å². The van der Waals surface area contributed by atoms with Gasteiger partial charge in [-0.15, -0.1) is 0 Å². The first-order valence-electron chi connectivity index (χ1n) is 6.65. The van der Waals surface area contributed by atoms with Crippen LogP contribution in [0.1, 0.15) is 38.7 Å². The molecular formula is C15H21NO4. The molecule has 1 unspecified atom stereocenters. The van der Waals surface area contributed by atoms with Gasteiger partial charge in [-0.1, -0.05) is 26.0 Å². The van der Waals surface area contributed by atoms with Crippen molar-refractivity contribution in [1.82, 2.24) is 5.32 Å². The van der Waals surface area contributed by atoms with E-state index in [9.17, 15) is 9.59 Å². The zero-order valence-corrected chi connectivity index (χ0v) is 12.1. The number of benzene rings is 1. The van der Waals surface area contributed by atoms with Crippen molar-refractivity contribution >= 4 is 11.9 Å². The average Bonchev–Trinajstić information content (AvgIpc) is 2.38. The predicted octanol–water partition coefficient (Wildman–Crippen LogP) is 2.17. The Balaban J connectivity index is 2.39. The zero-order chi connectivity index (χ0) is 15.1. The number of hydrogen-bond acceptors (Lipinski definition) is 3. The lowest BCUT2D eigenvalue weighted by Crippen LogP contribution is -2.38. The van der Waals surface area contributed by atoms with Crippen LogP contribution in [0.25, 0.3) is 0 Å². The van der Waals surface area contributed by atoms with Crippen LogP contribution in [0, 0.1) is 0 Å². The van der Waals surface area contributed by atoms with Gasteiger partial charge >= 0.3 is 5.97 Å². The highest BCUT2D eigenvalue weighted by molar-refractivity contribution is 5.83. The number of amides is 1. The molecule has 1 atom stereocenters. The largest absolute Gasteiger partial charge is 0.493 e. The standard InChI is InChI=1S/C15H21NO4/c1-10(2)12-5-4-6-13(9-12)20-8-7-14(17)16-11(3)15(18)19/h4-6,9-11H,7-8H2,1-3H3,(H,16,17)(H,18,19). The molecule has 5 nitrogen and oxygen atoms in total. The summed E-state index contributed by atoms with van der Waals surface area (Å²) in [5.74, 6) is -0.252. The third-order valence-electron chi connectivity index (χ3n) is 2.87. The smallest absolute Gasteiger partial charge is 0.325 e. The van der Waals surface area contributed by atoms with Gasteiger partial charge in [0.05, 0.1) is 13.0 Å². The summed E-state index contributed by atoms with van der Waals surface area (Å²) < 4.78 is 5.50. The number of hydrogen-bond donors (Lipinski definition) is 2. The second-order valence-corrected chi connectivity index (χ2v) is 4.95. The van der Waals surface area contributed by atoms with Crippen molar-refractivity contribution in [3.05, 3.63) is 29.8 Å². The minimum atomic E-state index is -1.05. The summed E-state index contributed by atoms with van der Waals surface area (Å²) in [6.07, 6.45) is 0.128. The SMILES string of the molecule is CC(NC(=O)CCOc1cccc(C(C)C)c1)C(=O)O. The van der Waals surface area contributed by atoms with Crippen molar-refractivity contribution in [3.8, 4) is 5.75 Å². The topological polar surface area (TPSA) is 75.6 Å². The van der Waals surface area contributed by atoms with Crippen LogP contribution in [-0.4, -0.2) is 29.6 Å². The Labute approximate surface area is 118 Å². The van der Waals surface area contributed by atoms with Gasteiger partial charge in [0.25, 0.3) is 0 Å². The van der Waals surface area contributed by atoms with Crippen LogP contribution in [0.3, 0.4) is 0 Å². The molecule has 0 aliphatic heterocycles. The summed E-state index contributed by atoms with van der Waals surface area (Å²) in [5.41, 5.74) is 1.17.